The van der Waals surface area contributed by atoms with Gasteiger partial charge in [0.2, 0.25) is 0 Å². The molecule has 0 radical (unpaired) electrons. The van der Waals surface area contributed by atoms with Crippen molar-refractivity contribution in [3.8, 4) is 0 Å². The maximum Gasteiger partial charge on any atom is 0.153 e. The van der Waals surface area contributed by atoms with Crippen molar-refractivity contribution in [2.24, 2.45) is 0 Å². The van der Waals surface area contributed by atoms with Crippen LogP contribution in [0.5, 0.6) is 0 Å². The summed E-state index contributed by atoms with van der Waals surface area (Å²) in [5.41, 5.74) is 0. The Morgan fingerprint density at radius 3 is 2.36 bits per heavy atom. The number of rotatable bonds is 4. The Morgan fingerprint density at radius 1 is 1.45 bits per heavy atom. The largest absolute Gasteiger partial charge is 0.300 e. The summed E-state index contributed by atoms with van der Waals surface area (Å²) in [6, 6.07) is 0. The Bertz CT molecular complexity index is 249. The van der Waals surface area contributed by atoms with Crippen molar-refractivity contribution < 1.29 is 13.2 Å². The van der Waals surface area contributed by atoms with Crippen molar-refractivity contribution in [2.75, 3.05) is 5.75 Å². The summed E-state index contributed by atoms with van der Waals surface area (Å²) in [6.45, 7) is 1.42. The molecule has 0 heterocycles. The van der Waals surface area contributed by atoms with Gasteiger partial charge in [-0.3, -0.25) is 4.79 Å². The lowest BCUT2D eigenvalue weighted by Gasteiger charge is -1.98. The second-order valence-corrected chi connectivity index (χ2v) is 5.42. The van der Waals surface area contributed by atoms with E-state index < -0.39 is 9.84 Å². The molecular weight excluding hydrogens is 164 g/mol. The quantitative estimate of drug-likeness (QED) is 0.628. The van der Waals surface area contributed by atoms with Crippen LogP contribution in [0.2, 0.25) is 0 Å². The molecule has 0 unspecified atom stereocenters. The first-order valence-corrected chi connectivity index (χ1v) is 5.45. The fourth-order valence-electron chi connectivity index (χ4n) is 0.880. The van der Waals surface area contributed by atoms with Crippen molar-refractivity contribution in [3.05, 3.63) is 0 Å². The highest BCUT2D eigenvalue weighted by Gasteiger charge is 2.35. The van der Waals surface area contributed by atoms with E-state index in [1.807, 2.05) is 0 Å². The molecule has 11 heavy (non-hydrogen) atoms. The zero-order valence-corrected chi connectivity index (χ0v) is 7.36. The maximum absolute atomic E-state index is 11.1. The number of hydrogen-bond donors (Lipinski definition) is 0. The van der Waals surface area contributed by atoms with Crippen LogP contribution in [0.1, 0.15) is 26.2 Å². The van der Waals surface area contributed by atoms with Gasteiger partial charge in [0.25, 0.3) is 0 Å². The molecule has 0 amide bonds. The summed E-state index contributed by atoms with van der Waals surface area (Å²) in [5.74, 6) is 0.00160. The van der Waals surface area contributed by atoms with E-state index in [-0.39, 0.29) is 23.2 Å². The molecule has 0 spiro atoms. The summed E-state index contributed by atoms with van der Waals surface area (Å²) < 4.78 is 22.3. The Balaban J connectivity index is 2.40. The smallest absolute Gasteiger partial charge is 0.153 e. The van der Waals surface area contributed by atoms with Crippen LogP contribution in [-0.4, -0.2) is 25.2 Å². The first-order valence-electron chi connectivity index (χ1n) is 3.73. The summed E-state index contributed by atoms with van der Waals surface area (Å²) >= 11 is 0. The summed E-state index contributed by atoms with van der Waals surface area (Å²) in [4.78, 5) is 10.5. The molecule has 1 saturated carbocycles. The second kappa shape index (κ2) is 2.93. The minimum atomic E-state index is -2.90. The lowest BCUT2D eigenvalue weighted by molar-refractivity contribution is -0.116. The number of carbonyl (C=O) groups excluding carboxylic acids is 1. The maximum atomic E-state index is 11.1. The summed E-state index contributed by atoms with van der Waals surface area (Å²) in [6.07, 6.45) is 1.76. The van der Waals surface area contributed by atoms with Crippen molar-refractivity contribution in [3.63, 3.8) is 0 Å². The highest BCUT2D eigenvalue weighted by Crippen LogP contribution is 2.29. The molecule has 0 aromatic carbocycles. The van der Waals surface area contributed by atoms with Gasteiger partial charge in [-0.05, 0) is 19.8 Å². The van der Waals surface area contributed by atoms with Gasteiger partial charge in [-0.2, -0.15) is 0 Å². The Labute approximate surface area is 66.7 Å². The highest BCUT2D eigenvalue weighted by molar-refractivity contribution is 7.92. The fraction of sp³-hybridized carbons (Fsp3) is 0.857. The lowest BCUT2D eigenvalue weighted by Crippen LogP contribution is -2.13. The van der Waals surface area contributed by atoms with Crippen LogP contribution in [0.4, 0.5) is 0 Å². The van der Waals surface area contributed by atoms with Crippen LogP contribution in [0, 0.1) is 0 Å². The van der Waals surface area contributed by atoms with Crippen molar-refractivity contribution >= 4 is 15.6 Å². The molecule has 3 nitrogen and oxygen atoms in total. The van der Waals surface area contributed by atoms with Gasteiger partial charge < -0.3 is 0 Å². The van der Waals surface area contributed by atoms with E-state index in [9.17, 15) is 13.2 Å². The molecular formula is C7H12O3S. The third-order valence-corrected chi connectivity index (χ3v) is 4.03. The Kier molecular flexibility index (Phi) is 2.32. The summed E-state index contributed by atoms with van der Waals surface area (Å²) in [7, 11) is -2.90. The average Bonchev–Trinajstić information content (AvgIpc) is 2.64. The topological polar surface area (TPSA) is 51.2 Å². The normalized spacial score (nSPS) is 18.3. The number of ketones is 1. The molecule has 1 aliphatic carbocycles. The molecule has 0 bridgehead atoms. The number of carbonyl (C=O) groups is 1. The van der Waals surface area contributed by atoms with Gasteiger partial charge in [-0.25, -0.2) is 8.42 Å². The van der Waals surface area contributed by atoms with E-state index in [1.165, 1.54) is 6.92 Å². The molecule has 1 aliphatic rings. The van der Waals surface area contributed by atoms with Gasteiger partial charge in [-0.1, -0.05) is 0 Å². The molecule has 0 atom stereocenters. The molecule has 0 N–H and O–H groups in total. The first kappa shape index (κ1) is 8.71. The molecule has 4 heteroatoms. The first-order chi connectivity index (χ1) is 5.02. The SMILES string of the molecule is CC(=O)CCS(=O)(=O)C1CC1. The van der Waals surface area contributed by atoms with Gasteiger partial charge in [0.15, 0.2) is 9.84 Å². The minimum absolute atomic E-state index is 0.0470. The van der Waals surface area contributed by atoms with Crippen LogP contribution in [0.15, 0.2) is 0 Å². The lowest BCUT2D eigenvalue weighted by atomic mass is 10.4. The van der Waals surface area contributed by atoms with Gasteiger partial charge in [-0.15, -0.1) is 0 Å². The third kappa shape index (κ3) is 2.61. The molecule has 0 aromatic rings. The summed E-state index contributed by atoms with van der Waals surface area (Å²) in [5, 5.41) is -0.123. The van der Waals surface area contributed by atoms with E-state index in [0.717, 1.165) is 12.8 Å². The Morgan fingerprint density at radius 2 is 2.00 bits per heavy atom. The van der Waals surface area contributed by atoms with E-state index >= 15 is 0 Å². The predicted octanol–water partition coefficient (Wildman–Crippen LogP) is 0.543. The third-order valence-electron chi connectivity index (χ3n) is 1.77. The molecule has 64 valence electrons. The van der Waals surface area contributed by atoms with E-state index in [0.29, 0.717) is 0 Å². The van der Waals surface area contributed by atoms with Gasteiger partial charge >= 0.3 is 0 Å². The van der Waals surface area contributed by atoms with Crippen LogP contribution in [0.3, 0.4) is 0 Å². The monoisotopic (exact) mass is 176 g/mol. The Hall–Kier alpha value is -0.380. The van der Waals surface area contributed by atoms with E-state index in [4.69, 9.17) is 0 Å². The highest BCUT2D eigenvalue weighted by atomic mass is 32.2. The molecule has 0 saturated heterocycles. The van der Waals surface area contributed by atoms with E-state index in [1.54, 1.807) is 0 Å². The molecule has 0 aliphatic heterocycles. The predicted molar refractivity (Wildman–Crippen MR) is 42.1 cm³/mol. The van der Waals surface area contributed by atoms with Crippen LogP contribution in [-0.2, 0) is 14.6 Å². The fourth-order valence-corrected chi connectivity index (χ4v) is 2.64. The average molecular weight is 176 g/mol. The molecule has 1 rings (SSSR count). The van der Waals surface area contributed by atoms with Crippen molar-refractivity contribution in [1.82, 2.24) is 0 Å². The van der Waals surface area contributed by atoms with Crippen LogP contribution in [0.25, 0.3) is 0 Å². The van der Waals surface area contributed by atoms with E-state index in [2.05, 4.69) is 0 Å². The zero-order chi connectivity index (χ0) is 8.48. The minimum Gasteiger partial charge on any atom is -0.300 e. The van der Waals surface area contributed by atoms with Crippen molar-refractivity contribution in [2.45, 2.75) is 31.4 Å². The molecule has 1 fully saturated rings. The standard InChI is InChI=1S/C7H12O3S/c1-6(8)4-5-11(9,10)7-2-3-7/h7H,2-5H2,1H3. The number of Topliss-reactive ketones (excluding diaryl/α,β-unsaturated/α-hetero) is 1. The molecule has 0 aromatic heterocycles. The number of sulfone groups is 1. The van der Waals surface area contributed by atoms with Gasteiger partial charge in [0.1, 0.15) is 5.78 Å². The van der Waals surface area contributed by atoms with Gasteiger partial charge in [0, 0.05) is 6.42 Å². The zero-order valence-electron chi connectivity index (χ0n) is 6.54. The number of hydrogen-bond acceptors (Lipinski definition) is 3. The second-order valence-electron chi connectivity index (χ2n) is 3.02. The van der Waals surface area contributed by atoms with Crippen molar-refractivity contribution in [1.29, 1.82) is 0 Å². The van der Waals surface area contributed by atoms with Crippen LogP contribution >= 0.6 is 0 Å². The van der Waals surface area contributed by atoms with Gasteiger partial charge in [0.05, 0.1) is 11.0 Å². The van der Waals surface area contributed by atoms with Crippen LogP contribution < -0.4 is 0 Å².